The molecule has 0 aliphatic heterocycles. The highest BCUT2D eigenvalue weighted by Crippen LogP contribution is 2.27. The van der Waals surface area contributed by atoms with E-state index in [1.165, 1.54) is 38.3 Å². The van der Waals surface area contributed by atoms with Gasteiger partial charge in [-0.15, -0.1) is 0 Å². The molecule has 1 aromatic rings. The predicted molar refractivity (Wildman–Crippen MR) is 109 cm³/mol. The first kappa shape index (κ1) is 25.5. The van der Waals surface area contributed by atoms with E-state index in [-0.39, 0.29) is 18.0 Å². The zero-order valence-electron chi connectivity index (χ0n) is 18.0. The number of amides is 2. The maximum atomic E-state index is 12.8. The van der Waals surface area contributed by atoms with Crippen molar-refractivity contribution in [2.24, 2.45) is 5.92 Å². The Morgan fingerprint density at radius 1 is 1.00 bits per heavy atom. The number of carbonyl (C=O) groups is 4. The third-order valence-electron chi connectivity index (χ3n) is 4.61. The molecular formula is C20H27N3O8. The third-order valence-corrected chi connectivity index (χ3v) is 4.61. The SMILES string of the molecule is COC(=O)C[C@@H](c1ccc([N+](=O)[O-])cc1)[C@H](NC(=O)[C@H](NC(C)=O)C(C)C)C(=O)OC. The van der Waals surface area contributed by atoms with Crippen molar-refractivity contribution in [3.05, 3.63) is 39.9 Å². The van der Waals surface area contributed by atoms with E-state index < -0.39 is 46.7 Å². The summed E-state index contributed by atoms with van der Waals surface area (Å²) in [4.78, 5) is 59.2. The number of carbonyl (C=O) groups excluding carboxylic acids is 4. The van der Waals surface area contributed by atoms with E-state index in [0.29, 0.717) is 5.56 Å². The Morgan fingerprint density at radius 2 is 1.58 bits per heavy atom. The second-order valence-corrected chi connectivity index (χ2v) is 7.17. The van der Waals surface area contributed by atoms with Crippen LogP contribution in [0, 0.1) is 16.0 Å². The number of nitro groups is 1. The Kier molecular flexibility index (Phi) is 9.58. The largest absolute Gasteiger partial charge is 0.469 e. The van der Waals surface area contributed by atoms with Crippen LogP contribution in [-0.4, -0.2) is 55.0 Å². The van der Waals surface area contributed by atoms with Crippen molar-refractivity contribution < 1.29 is 33.6 Å². The van der Waals surface area contributed by atoms with Gasteiger partial charge in [-0.25, -0.2) is 4.79 Å². The fourth-order valence-electron chi connectivity index (χ4n) is 2.98. The maximum Gasteiger partial charge on any atom is 0.329 e. The molecule has 3 atom stereocenters. The van der Waals surface area contributed by atoms with Crippen LogP contribution in [-0.2, 0) is 28.7 Å². The van der Waals surface area contributed by atoms with Gasteiger partial charge in [0, 0.05) is 25.0 Å². The minimum Gasteiger partial charge on any atom is -0.469 e. The van der Waals surface area contributed by atoms with Crippen LogP contribution in [0.15, 0.2) is 24.3 Å². The Balaban J connectivity index is 3.35. The Bertz CT molecular complexity index is 822. The second-order valence-electron chi connectivity index (χ2n) is 7.17. The normalized spacial score (nSPS) is 13.5. The average molecular weight is 437 g/mol. The number of benzene rings is 1. The molecule has 11 heteroatoms. The van der Waals surface area contributed by atoms with Crippen molar-refractivity contribution in [3.8, 4) is 0 Å². The minimum absolute atomic E-state index is 0.176. The molecule has 0 saturated heterocycles. The van der Waals surface area contributed by atoms with E-state index in [4.69, 9.17) is 9.47 Å². The van der Waals surface area contributed by atoms with E-state index >= 15 is 0 Å². The third kappa shape index (κ3) is 7.36. The molecule has 0 unspecified atom stereocenters. The van der Waals surface area contributed by atoms with Gasteiger partial charge in [0.15, 0.2) is 0 Å². The van der Waals surface area contributed by atoms with Crippen molar-refractivity contribution in [3.63, 3.8) is 0 Å². The standard InChI is InChI=1S/C20H27N3O8/c1-11(2)17(21-12(3)24)19(26)22-18(20(27)31-5)15(10-16(25)30-4)13-6-8-14(9-7-13)23(28)29/h6-9,11,15,17-18H,10H2,1-5H3,(H,21,24)(H,22,26)/t15-,17+,18-/m0/s1. The van der Waals surface area contributed by atoms with Crippen molar-refractivity contribution in [2.75, 3.05) is 14.2 Å². The van der Waals surface area contributed by atoms with Crippen LogP contribution in [0.2, 0.25) is 0 Å². The van der Waals surface area contributed by atoms with E-state index in [0.717, 1.165) is 7.11 Å². The summed E-state index contributed by atoms with van der Waals surface area (Å²) in [5.74, 6) is -3.78. The zero-order valence-corrected chi connectivity index (χ0v) is 18.0. The topological polar surface area (TPSA) is 154 Å². The number of rotatable bonds is 10. The van der Waals surface area contributed by atoms with Crippen molar-refractivity contribution in [1.82, 2.24) is 10.6 Å². The van der Waals surface area contributed by atoms with Crippen LogP contribution in [0.3, 0.4) is 0 Å². The molecule has 2 amide bonds. The Morgan fingerprint density at radius 3 is 2.00 bits per heavy atom. The number of ether oxygens (including phenoxy) is 2. The highest BCUT2D eigenvalue weighted by molar-refractivity contribution is 5.91. The molecule has 1 rings (SSSR count). The van der Waals surface area contributed by atoms with Crippen LogP contribution in [0.25, 0.3) is 0 Å². The van der Waals surface area contributed by atoms with Crippen LogP contribution >= 0.6 is 0 Å². The van der Waals surface area contributed by atoms with Gasteiger partial charge in [0.05, 0.1) is 25.6 Å². The lowest BCUT2D eigenvalue weighted by Crippen LogP contribution is -2.55. The average Bonchev–Trinajstić information content (AvgIpc) is 2.73. The maximum absolute atomic E-state index is 12.8. The van der Waals surface area contributed by atoms with Gasteiger partial charge in [0.2, 0.25) is 11.8 Å². The predicted octanol–water partition coefficient (Wildman–Crippen LogP) is 1.06. The van der Waals surface area contributed by atoms with Gasteiger partial charge in [0.1, 0.15) is 12.1 Å². The molecule has 1 aromatic carbocycles. The summed E-state index contributed by atoms with van der Waals surface area (Å²) in [7, 11) is 2.30. The summed E-state index contributed by atoms with van der Waals surface area (Å²) in [6.07, 6.45) is -0.305. The number of non-ortho nitro benzene ring substituents is 1. The van der Waals surface area contributed by atoms with Gasteiger partial charge >= 0.3 is 11.9 Å². The molecule has 2 N–H and O–H groups in total. The second kappa shape index (κ2) is 11.6. The van der Waals surface area contributed by atoms with Crippen molar-refractivity contribution in [2.45, 2.75) is 45.2 Å². The van der Waals surface area contributed by atoms with Crippen LogP contribution in [0.5, 0.6) is 0 Å². The number of nitro benzene ring substituents is 1. The Labute approximate surface area is 179 Å². The van der Waals surface area contributed by atoms with E-state index in [1.807, 2.05) is 0 Å². The van der Waals surface area contributed by atoms with E-state index in [1.54, 1.807) is 13.8 Å². The molecule has 0 aliphatic rings. The monoisotopic (exact) mass is 437 g/mol. The lowest BCUT2D eigenvalue weighted by atomic mass is 9.87. The number of hydrogen-bond donors (Lipinski definition) is 2. The quantitative estimate of drug-likeness (QED) is 0.313. The Hall–Kier alpha value is -3.50. The number of nitrogens with zero attached hydrogens (tertiary/aromatic N) is 1. The lowest BCUT2D eigenvalue weighted by Gasteiger charge is -2.29. The first-order chi connectivity index (χ1) is 14.5. The molecule has 0 bridgehead atoms. The van der Waals surface area contributed by atoms with Gasteiger partial charge in [-0.2, -0.15) is 0 Å². The van der Waals surface area contributed by atoms with Gasteiger partial charge in [0.25, 0.3) is 5.69 Å². The summed E-state index contributed by atoms with van der Waals surface area (Å²) >= 11 is 0. The summed E-state index contributed by atoms with van der Waals surface area (Å²) in [6.45, 7) is 4.70. The zero-order chi connectivity index (χ0) is 23.7. The highest BCUT2D eigenvalue weighted by Gasteiger charge is 2.36. The van der Waals surface area contributed by atoms with Crippen LogP contribution in [0.1, 0.15) is 38.7 Å². The number of nitrogens with one attached hydrogen (secondary N) is 2. The fraction of sp³-hybridized carbons (Fsp3) is 0.500. The summed E-state index contributed by atoms with van der Waals surface area (Å²) in [5.41, 5.74) is 0.206. The molecule has 0 saturated carbocycles. The molecule has 0 aromatic heterocycles. The number of hydrogen-bond acceptors (Lipinski definition) is 8. The molecule has 0 radical (unpaired) electrons. The van der Waals surface area contributed by atoms with Gasteiger partial charge < -0.3 is 20.1 Å². The fourth-order valence-corrected chi connectivity index (χ4v) is 2.98. The summed E-state index contributed by atoms with van der Waals surface area (Å²) < 4.78 is 9.51. The number of esters is 2. The van der Waals surface area contributed by atoms with E-state index in [9.17, 15) is 29.3 Å². The highest BCUT2D eigenvalue weighted by atomic mass is 16.6. The molecule has 0 spiro atoms. The molecular weight excluding hydrogens is 410 g/mol. The summed E-state index contributed by atoms with van der Waals surface area (Å²) in [5, 5.41) is 16.0. The smallest absolute Gasteiger partial charge is 0.329 e. The van der Waals surface area contributed by atoms with E-state index in [2.05, 4.69) is 10.6 Å². The molecule has 0 fully saturated rings. The molecule has 170 valence electrons. The van der Waals surface area contributed by atoms with Crippen LogP contribution in [0.4, 0.5) is 5.69 Å². The minimum atomic E-state index is -1.31. The summed E-state index contributed by atoms with van der Waals surface area (Å²) in [6, 6.07) is 2.99. The van der Waals surface area contributed by atoms with Gasteiger partial charge in [-0.1, -0.05) is 26.0 Å². The van der Waals surface area contributed by atoms with Crippen LogP contribution < -0.4 is 10.6 Å². The lowest BCUT2D eigenvalue weighted by molar-refractivity contribution is -0.384. The molecule has 0 heterocycles. The first-order valence-corrected chi connectivity index (χ1v) is 9.48. The number of methoxy groups -OCH3 is 2. The van der Waals surface area contributed by atoms with Crippen molar-refractivity contribution in [1.29, 1.82) is 0 Å². The molecule has 0 aliphatic carbocycles. The van der Waals surface area contributed by atoms with Gasteiger partial charge in [-0.05, 0) is 11.5 Å². The molecule has 31 heavy (non-hydrogen) atoms. The van der Waals surface area contributed by atoms with Crippen molar-refractivity contribution >= 4 is 29.4 Å². The molecule has 11 nitrogen and oxygen atoms in total. The van der Waals surface area contributed by atoms with Gasteiger partial charge in [-0.3, -0.25) is 24.5 Å². The first-order valence-electron chi connectivity index (χ1n) is 9.48.